The normalized spacial score (nSPS) is 36.1. The van der Waals surface area contributed by atoms with Crippen molar-refractivity contribution in [1.29, 1.82) is 0 Å². The van der Waals surface area contributed by atoms with Crippen molar-refractivity contribution in [1.82, 2.24) is 0 Å². The third kappa shape index (κ3) is 4.93. The van der Waals surface area contributed by atoms with Gasteiger partial charge < -0.3 is 4.79 Å². The van der Waals surface area contributed by atoms with Crippen LogP contribution in [0.25, 0.3) is 0 Å². The minimum atomic E-state index is 0.387. The fourth-order valence-electron chi connectivity index (χ4n) is 4.52. The van der Waals surface area contributed by atoms with Gasteiger partial charge in [0.2, 0.25) is 0 Å². The topological polar surface area (TPSA) is 17.1 Å². The summed E-state index contributed by atoms with van der Waals surface area (Å²) >= 11 is 0. The van der Waals surface area contributed by atoms with Crippen LogP contribution in [0.2, 0.25) is 0 Å². The van der Waals surface area contributed by atoms with Gasteiger partial charge in [-0.3, -0.25) is 0 Å². The summed E-state index contributed by atoms with van der Waals surface area (Å²) in [6.07, 6.45) is 17.8. The molecule has 0 saturated heterocycles. The number of carbonyl (C=O) groups is 1. The second kappa shape index (κ2) is 8.07. The van der Waals surface area contributed by atoms with Crippen LogP contribution in [-0.4, -0.2) is 6.29 Å². The molecule has 2 saturated carbocycles. The highest BCUT2D eigenvalue weighted by atomic mass is 16.1. The van der Waals surface area contributed by atoms with Crippen molar-refractivity contribution in [2.75, 3.05) is 0 Å². The summed E-state index contributed by atoms with van der Waals surface area (Å²) in [5, 5.41) is 0. The number of hydrogen-bond donors (Lipinski definition) is 0. The average Bonchev–Trinajstić information content (AvgIpc) is 2.46. The zero-order valence-corrected chi connectivity index (χ0v) is 12.8. The van der Waals surface area contributed by atoms with Gasteiger partial charge in [0.25, 0.3) is 0 Å². The molecule has 2 rings (SSSR count). The Morgan fingerprint density at radius 2 is 1.42 bits per heavy atom. The fraction of sp³-hybridized carbons (Fsp3) is 0.944. The van der Waals surface area contributed by atoms with Gasteiger partial charge in [0.1, 0.15) is 6.29 Å². The van der Waals surface area contributed by atoms with E-state index in [2.05, 4.69) is 6.92 Å². The van der Waals surface area contributed by atoms with Gasteiger partial charge in [-0.05, 0) is 37.0 Å². The lowest BCUT2D eigenvalue weighted by molar-refractivity contribution is -0.112. The van der Waals surface area contributed by atoms with Crippen LogP contribution in [0.15, 0.2) is 0 Å². The van der Waals surface area contributed by atoms with Crippen molar-refractivity contribution in [2.24, 2.45) is 23.7 Å². The number of carbonyl (C=O) groups excluding carboxylic acids is 1. The number of rotatable bonds is 6. The molecule has 2 aliphatic carbocycles. The lowest BCUT2D eigenvalue weighted by Crippen LogP contribution is -2.19. The van der Waals surface area contributed by atoms with E-state index >= 15 is 0 Å². The smallest absolute Gasteiger partial charge is 0.123 e. The second-order valence-electron chi connectivity index (χ2n) is 7.19. The Bertz CT molecular complexity index is 258. The third-order valence-electron chi connectivity index (χ3n) is 5.59. The highest BCUT2D eigenvalue weighted by molar-refractivity contribution is 5.53. The molecule has 0 heterocycles. The van der Waals surface area contributed by atoms with Crippen LogP contribution in [0, 0.1) is 23.7 Å². The standard InChI is InChI=1S/C18H32O/c1-2-5-15-6-3-7-16(12-15)10-11-17-8-4-9-18(13-17)14-19/h14-18H,2-13H2,1H3. The zero-order chi connectivity index (χ0) is 13.5. The molecule has 0 aromatic heterocycles. The molecule has 0 bridgehead atoms. The predicted molar refractivity (Wildman–Crippen MR) is 81.1 cm³/mol. The van der Waals surface area contributed by atoms with E-state index in [-0.39, 0.29) is 0 Å². The van der Waals surface area contributed by atoms with E-state index in [9.17, 15) is 4.79 Å². The molecule has 0 amide bonds. The van der Waals surface area contributed by atoms with E-state index in [0.29, 0.717) is 5.92 Å². The van der Waals surface area contributed by atoms with Crippen LogP contribution in [0.4, 0.5) is 0 Å². The highest BCUT2D eigenvalue weighted by Gasteiger charge is 2.25. The van der Waals surface area contributed by atoms with Gasteiger partial charge in [0.15, 0.2) is 0 Å². The van der Waals surface area contributed by atoms with Crippen LogP contribution in [0.5, 0.6) is 0 Å². The molecule has 0 spiro atoms. The van der Waals surface area contributed by atoms with Gasteiger partial charge >= 0.3 is 0 Å². The molecule has 0 aromatic carbocycles. The van der Waals surface area contributed by atoms with E-state index < -0.39 is 0 Å². The Morgan fingerprint density at radius 3 is 2.05 bits per heavy atom. The van der Waals surface area contributed by atoms with Crippen molar-refractivity contribution in [3.63, 3.8) is 0 Å². The first kappa shape index (κ1) is 15.1. The average molecular weight is 264 g/mol. The summed E-state index contributed by atoms with van der Waals surface area (Å²) in [6.45, 7) is 2.32. The van der Waals surface area contributed by atoms with Crippen LogP contribution < -0.4 is 0 Å². The monoisotopic (exact) mass is 264 g/mol. The predicted octanol–water partition coefficient (Wildman–Crippen LogP) is 5.38. The maximum Gasteiger partial charge on any atom is 0.123 e. The van der Waals surface area contributed by atoms with Crippen molar-refractivity contribution >= 4 is 6.29 Å². The molecule has 0 aliphatic heterocycles. The fourth-order valence-corrected chi connectivity index (χ4v) is 4.52. The van der Waals surface area contributed by atoms with Crippen molar-refractivity contribution in [2.45, 2.75) is 84.0 Å². The Kier molecular flexibility index (Phi) is 6.40. The van der Waals surface area contributed by atoms with E-state index in [1.165, 1.54) is 76.9 Å². The number of aldehydes is 1. The molecular formula is C18H32O. The molecule has 4 unspecified atom stereocenters. The highest BCUT2D eigenvalue weighted by Crippen LogP contribution is 2.37. The van der Waals surface area contributed by atoms with Gasteiger partial charge in [0, 0.05) is 5.92 Å². The van der Waals surface area contributed by atoms with Gasteiger partial charge in [0.05, 0.1) is 0 Å². The minimum Gasteiger partial charge on any atom is -0.303 e. The quantitative estimate of drug-likeness (QED) is 0.589. The van der Waals surface area contributed by atoms with Crippen molar-refractivity contribution in [3.8, 4) is 0 Å². The van der Waals surface area contributed by atoms with E-state index in [1.807, 2.05) is 0 Å². The summed E-state index contributed by atoms with van der Waals surface area (Å²) in [7, 11) is 0. The molecule has 0 aromatic rings. The number of hydrogen-bond acceptors (Lipinski definition) is 1. The summed E-state index contributed by atoms with van der Waals surface area (Å²) < 4.78 is 0. The van der Waals surface area contributed by atoms with Gasteiger partial charge in [-0.2, -0.15) is 0 Å². The van der Waals surface area contributed by atoms with E-state index in [0.717, 1.165) is 24.2 Å². The summed E-state index contributed by atoms with van der Waals surface area (Å²) in [4.78, 5) is 10.9. The maximum absolute atomic E-state index is 10.9. The molecule has 4 atom stereocenters. The zero-order valence-electron chi connectivity index (χ0n) is 12.8. The van der Waals surface area contributed by atoms with Crippen LogP contribution in [0.1, 0.15) is 84.0 Å². The van der Waals surface area contributed by atoms with Gasteiger partial charge in [-0.25, -0.2) is 0 Å². The Balaban J connectivity index is 1.68. The minimum absolute atomic E-state index is 0.387. The van der Waals surface area contributed by atoms with Gasteiger partial charge in [-0.15, -0.1) is 0 Å². The summed E-state index contributed by atoms with van der Waals surface area (Å²) in [5.41, 5.74) is 0. The van der Waals surface area contributed by atoms with Crippen LogP contribution in [0.3, 0.4) is 0 Å². The maximum atomic E-state index is 10.9. The lowest BCUT2D eigenvalue weighted by atomic mass is 9.74. The van der Waals surface area contributed by atoms with Crippen LogP contribution in [-0.2, 0) is 4.79 Å². The Hall–Kier alpha value is -0.330. The van der Waals surface area contributed by atoms with Gasteiger partial charge in [-0.1, -0.05) is 64.7 Å². The SMILES string of the molecule is CCCC1CCCC(CCC2CCCC(C=O)C2)C1. The molecule has 0 radical (unpaired) electrons. The first-order chi connectivity index (χ1) is 9.31. The molecule has 2 aliphatic rings. The first-order valence-electron chi connectivity index (χ1n) is 8.77. The molecule has 2 fully saturated rings. The molecule has 0 N–H and O–H groups in total. The molecule has 19 heavy (non-hydrogen) atoms. The second-order valence-corrected chi connectivity index (χ2v) is 7.19. The van der Waals surface area contributed by atoms with Crippen molar-refractivity contribution in [3.05, 3.63) is 0 Å². The first-order valence-corrected chi connectivity index (χ1v) is 8.77. The van der Waals surface area contributed by atoms with E-state index in [4.69, 9.17) is 0 Å². The molecular weight excluding hydrogens is 232 g/mol. The third-order valence-corrected chi connectivity index (χ3v) is 5.59. The van der Waals surface area contributed by atoms with E-state index in [1.54, 1.807) is 0 Å². The van der Waals surface area contributed by atoms with Crippen LogP contribution >= 0.6 is 0 Å². The van der Waals surface area contributed by atoms with Crippen molar-refractivity contribution < 1.29 is 4.79 Å². The molecule has 110 valence electrons. The summed E-state index contributed by atoms with van der Waals surface area (Å²) in [6, 6.07) is 0. The molecule has 1 nitrogen and oxygen atoms in total. The lowest BCUT2D eigenvalue weighted by Gasteiger charge is -2.31. The Morgan fingerprint density at radius 1 is 0.842 bits per heavy atom. The summed E-state index contributed by atoms with van der Waals surface area (Å²) in [5.74, 6) is 3.27. The Labute approximate surface area is 119 Å². The molecule has 1 heteroatoms. The largest absolute Gasteiger partial charge is 0.303 e.